The van der Waals surface area contributed by atoms with Gasteiger partial charge in [-0.3, -0.25) is 9.59 Å². The van der Waals surface area contributed by atoms with Gasteiger partial charge in [0.2, 0.25) is 0 Å². The maximum atomic E-state index is 11.9. The van der Waals surface area contributed by atoms with E-state index in [1.54, 1.807) is 0 Å². The van der Waals surface area contributed by atoms with E-state index >= 15 is 0 Å². The lowest BCUT2D eigenvalue weighted by molar-refractivity contribution is 0.0879. The van der Waals surface area contributed by atoms with Crippen molar-refractivity contribution in [3.63, 3.8) is 0 Å². The summed E-state index contributed by atoms with van der Waals surface area (Å²) in [5.74, 6) is -0.378. The molecule has 0 bridgehead atoms. The number of aliphatic hydroxyl groups excluding tert-OH is 1. The van der Waals surface area contributed by atoms with Gasteiger partial charge in [-0.1, -0.05) is 12.8 Å². The van der Waals surface area contributed by atoms with Crippen molar-refractivity contribution in [3.8, 4) is 0 Å². The van der Waals surface area contributed by atoms with Gasteiger partial charge in [0.1, 0.15) is 5.56 Å². The van der Waals surface area contributed by atoms with Crippen LogP contribution >= 0.6 is 0 Å². The molecular formula is C13H18N2O3. The summed E-state index contributed by atoms with van der Waals surface area (Å²) in [7, 11) is 0. The van der Waals surface area contributed by atoms with Crippen molar-refractivity contribution in [1.82, 2.24) is 10.3 Å². The molecule has 1 aromatic rings. The molecule has 0 aromatic carbocycles. The fraction of sp³-hybridized carbons (Fsp3) is 0.538. The molecule has 1 fully saturated rings. The minimum atomic E-state index is -0.378. The lowest BCUT2D eigenvalue weighted by atomic mass is 9.87. The number of H-pyrrole nitrogens is 1. The highest BCUT2D eigenvalue weighted by atomic mass is 16.3. The van der Waals surface area contributed by atoms with E-state index in [2.05, 4.69) is 10.3 Å². The largest absolute Gasteiger partial charge is 0.396 e. The molecule has 0 saturated heterocycles. The molecule has 1 saturated carbocycles. The van der Waals surface area contributed by atoms with E-state index in [1.165, 1.54) is 18.5 Å². The van der Waals surface area contributed by atoms with E-state index in [1.807, 2.05) is 0 Å². The van der Waals surface area contributed by atoms with Gasteiger partial charge in [-0.25, -0.2) is 0 Å². The Labute approximate surface area is 105 Å². The molecule has 0 aliphatic heterocycles. The number of carbonyl (C=O) groups is 1. The second-order valence-electron chi connectivity index (χ2n) is 4.97. The van der Waals surface area contributed by atoms with Crippen molar-refractivity contribution >= 4 is 5.91 Å². The first-order valence-electron chi connectivity index (χ1n) is 6.23. The zero-order valence-electron chi connectivity index (χ0n) is 10.2. The van der Waals surface area contributed by atoms with E-state index in [-0.39, 0.29) is 28.9 Å². The number of nitrogens with one attached hydrogen (secondary N) is 2. The number of carbonyl (C=O) groups excluding carboxylic acids is 1. The van der Waals surface area contributed by atoms with Gasteiger partial charge < -0.3 is 15.4 Å². The van der Waals surface area contributed by atoms with Crippen LogP contribution in [0.3, 0.4) is 0 Å². The molecule has 1 aromatic heterocycles. The fourth-order valence-corrected chi connectivity index (χ4v) is 2.47. The van der Waals surface area contributed by atoms with Crippen molar-refractivity contribution in [3.05, 3.63) is 34.2 Å². The molecule has 0 atom stereocenters. The third-order valence-electron chi connectivity index (χ3n) is 3.69. The average molecular weight is 250 g/mol. The molecule has 98 valence electrons. The monoisotopic (exact) mass is 250 g/mol. The molecule has 0 spiro atoms. The zero-order chi connectivity index (χ0) is 13.0. The van der Waals surface area contributed by atoms with Crippen LogP contribution in [0.5, 0.6) is 0 Å². The van der Waals surface area contributed by atoms with Crippen molar-refractivity contribution in [2.45, 2.75) is 25.7 Å². The van der Waals surface area contributed by atoms with Crippen LogP contribution in [-0.4, -0.2) is 29.1 Å². The summed E-state index contributed by atoms with van der Waals surface area (Å²) < 4.78 is 0. The zero-order valence-corrected chi connectivity index (χ0v) is 10.2. The average Bonchev–Trinajstić information content (AvgIpc) is 2.86. The van der Waals surface area contributed by atoms with Crippen LogP contribution < -0.4 is 10.7 Å². The van der Waals surface area contributed by atoms with Gasteiger partial charge in [0.15, 0.2) is 5.43 Å². The van der Waals surface area contributed by atoms with Gasteiger partial charge in [0.25, 0.3) is 5.91 Å². The Bertz CT molecular complexity index is 475. The summed E-state index contributed by atoms with van der Waals surface area (Å²) in [4.78, 5) is 26.1. The highest BCUT2D eigenvalue weighted by molar-refractivity contribution is 5.93. The van der Waals surface area contributed by atoms with Crippen LogP contribution in [0.2, 0.25) is 0 Å². The fourth-order valence-electron chi connectivity index (χ4n) is 2.47. The SMILES string of the molecule is O=C(NCC1(CO)CCCC1)c1c[nH]ccc1=O. The number of hydrogen-bond acceptors (Lipinski definition) is 3. The lowest BCUT2D eigenvalue weighted by Crippen LogP contribution is -2.39. The molecule has 1 amide bonds. The third-order valence-corrected chi connectivity index (χ3v) is 3.69. The number of amides is 1. The minimum Gasteiger partial charge on any atom is -0.396 e. The van der Waals surface area contributed by atoms with Crippen LogP contribution in [-0.2, 0) is 0 Å². The lowest BCUT2D eigenvalue weighted by Gasteiger charge is -2.26. The second kappa shape index (κ2) is 5.35. The van der Waals surface area contributed by atoms with Crippen LogP contribution in [0.25, 0.3) is 0 Å². The molecule has 0 unspecified atom stereocenters. The van der Waals surface area contributed by atoms with Crippen molar-refractivity contribution < 1.29 is 9.90 Å². The maximum Gasteiger partial charge on any atom is 0.256 e. The van der Waals surface area contributed by atoms with Crippen LogP contribution in [0, 0.1) is 5.41 Å². The Morgan fingerprint density at radius 2 is 2.17 bits per heavy atom. The van der Waals surface area contributed by atoms with Gasteiger partial charge in [-0.15, -0.1) is 0 Å². The molecular weight excluding hydrogens is 232 g/mol. The van der Waals surface area contributed by atoms with Crippen molar-refractivity contribution in [2.24, 2.45) is 5.41 Å². The van der Waals surface area contributed by atoms with Gasteiger partial charge >= 0.3 is 0 Å². The molecule has 2 rings (SSSR count). The molecule has 0 radical (unpaired) electrons. The van der Waals surface area contributed by atoms with Gasteiger partial charge in [-0.05, 0) is 12.8 Å². The Balaban J connectivity index is 2.00. The Morgan fingerprint density at radius 3 is 2.78 bits per heavy atom. The molecule has 1 aliphatic rings. The second-order valence-corrected chi connectivity index (χ2v) is 4.97. The van der Waals surface area contributed by atoms with E-state index in [0.29, 0.717) is 6.54 Å². The van der Waals surface area contributed by atoms with Crippen molar-refractivity contribution in [2.75, 3.05) is 13.2 Å². The molecule has 18 heavy (non-hydrogen) atoms. The minimum absolute atomic E-state index is 0.0818. The Kier molecular flexibility index (Phi) is 3.81. The maximum absolute atomic E-state index is 11.9. The van der Waals surface area contributed by atoms with Crippen LogP contribution in [0.4, 0.5) is 0 Å². The summed E-state index contributed by atoms with van der Waals surface area (Å²) in [6.45, 7) is 0.509. The van der Waals surface area contributed by atoms with Crippen LogP contribution in [0.1, 0.15) is 36.0 Å². The van der Waals surface area contributed by atoms with Gasteiger partial charge in [0, 0.05) is 30.4 Å². The van der Waals surface area contributed by atoms with E-state index in [4.69, 9.17) is 0 Å². The predicted molar refractivity (Wildman–Crippen MR) is 67.4 cm³/mol. The number of aromatic nitrogens is 1. The van der Waals surface area contributed by atoms with Crippen LogP contribution in [0.15, 0.2) is 23.3 Å². The molecule has 5 nitrogen and oxygen atoms in total. The van der Waals surface area contributed by atoms with E-state index in [9.17, 15) is 14.7 Å². The summed E-state index contributed by atoms with van der Waals surface area (Å²) in [5.41, 5.74) is -0.378. The first-order valence-corrected chi connectivity index (χ1v) is 6.23. The smallest absolute Gasteiger partial charge is 0.256 e. The number of rotatable bonds is 4. The Morgan fingerprint density at radius 1 is 1.44 bits per heavy atom. The van der Waals surface area contributed by atoms with E-state index in [0.717, 1.165) is 25.7 Å². The first kappa shape index (κ1) is 12.8. The summed E-state index contributed by atoms with van der Waals surface area (Å²) in [6.07, 6.45) is 6.91. The highest BCUT2D eigenvalue weighted by Crippen LogP contribution is 2.36. The van der Waals surface area contributed by atoms with E-state index < -0.39 is 0 Å². The third kappa shape index (κ3) is 2.61. The Hall–Kier alpha value is -1.62. The summed E-state index contributed by atoms with van der Waals surface area (Å²) >= 11 is 0. The molecule has 5 heteroatoms. The quantitative estimate of drug-likeness (QED) is 0.734. The topological polar surface area (TPSA) is 82.2 Å². The normalized spacial score (nSPS) is 17.6. The first-order chi connectivity index (χ1) is 8.67. The highest BCUT2D eigenvalue weighted by Gasteiger charge is 2.33. The summed E-state index contributed by atoms with van der Waals surface area (Å²) in [5, 5.41) is 12.2. The molecule has 3 N–H and O–H groups in total. The number of aliphatic hydroxyl groups is 1. The number of pyridine rings is 1. The standard InChI is InChI=1S/C13H18N2O3/c16-9-13(4-1-2-5-13)8-15-12(18)10-7-14-6-3-11(10)17/h3,6-7,16H,1-2,4-5,8-9H2,(H,14,17)(H,15,18). The van der Waals surface area contributed by atoms with Gasteiger partial charge in [0.05, 0.1) is 6.61 Å². The number of hydrogen-bond donors (Lipinski definition) is 3. The molecule has 1 heterocycles. The molecule has 1 aliphatic carbocycles. The number of aromatic amines is 1. The van der Waals surface area contributed by atoms with Crippen molar-refractivity contribution in [1.29, 1.82) is 0 Å². The predicted octanol–water partition coefficient (Wildman–Crippen LogP) is 0.657. The van der Waals surface area contributed by atoms with Gasteiger partial charge in [-0.2, -0.15) is 0 Å². The summed E-state index contributed by atoms with van der Waals surface area (Å²) in [6, 6.07) is 1.33.